The van der Waals surface area contributed by atoms with Gasteiger partial charge in [0.25, 0.3) is 0 Å². The molecule has 1 saturated heterocycles. The molecule has 1 N–H and O–H groups in total. The van der Waals surface area contributed by atoms with Crippen LogP contribution in [0.1, 0.15) is 25.7 Å². The first-order valence-corrected chi connectivity index (χ1v) is 9.31. The molecule has 2 rings (SSSR count). The van der Waals surface area contributed by atoms with E-state index < -0.39 is 15.2 Å². The average molecular weight is 279 g/mol. The van der Waals surface area contributed by atoms with Crippen molar-refractivity contribution in [1.82, 2.24) is 4.90 Å². The monoisotopic (exact) mass is 279 g/mol. The molecule has 6 heteroatoms. The van der Waals surface area contributed by atoms with Gasteiger partial charge in [-0.3, -0.25) is 4.90 Å². The van der Waals surface area contributed by atoms with Crippen molar-refractivity contribution in [2.45, 2.75) is 43.2 Å². The molecular formula is C11H21NO3S2. The van der Waals surface area contributed by atoms with Gasteiger partial charge >= 0.3 is 0 Å². The van der Waals surface area contributed by atoms with Crippen LogP contribution in [0.4, 0.5) is 0 Å². The van der Waals surface area contributed by atoms with E-state index in [0.717, 1.165) is 38.0 Å². The number of aliphatic hydroxyl groups is 1. The van der Waals surface area contributed by atoms with Crippen LogP contribution in [0, 0.1) is 0 Å². The Balaban J connectivity index is 2.15. The number of hydrogen-bond donors (Lipinski definition) is 1. The maximum Gasteiger partial charge on any atom is 0.164 e. The maximum absolute atomic E-state index is 11.8. The zero-order chi connectivity index (χ0) is 12.5. The molecule has 0 aromatic heterocycles. The molecule has 0 aromatic rings. The van der Waals surface area contributed by atoms with E-state index in [0.29, 0.717) is 5.75 Å². The van der Waals surface area contributed by atoms with E-state index >= 15 is 0 Å². The fourth-order valence-corrected chi connectivity index (χ4v) is 5.75. The second-order valence-corrected chi connectivity index (χ2v) is 8.37. The lowest BCUT2D eigenvalue weighted by atomic mass is 9.91. The molecule has 4 nitrogen and oxygen atoms in total. The SMILES string of the molecule is CS(=O)(=O)C1CSCCN1C1CCCCC1O. The third kappa shape index (κ3) is 3.16. The summed E-state index contributed by atoms with van der Waals surface area (Å²) >= 11 is 1.70. The molecule has 0 spiro atoms. The van der Waals surface area contributed by atoms with Crippen molar-refractivity contribution in [3.8, 4) is 0 Å². The Kier molecular flexibility index (Phi) is 4.39. The molecule has 1 heterocycles. The number of rotatable bonds is 2. The Labute approximate surface area is 108 Å². The molecule has 1 aliphatic carbocycles. The predicted octanol–water partition coefficient (Wildman–Crippen LogP) is 0.709. The van der Waals surface area contributed by atoms with Crippen molar-refractivity contribution < 1.29 is 13.5 Å². The van der Waals surface area contributed by atoms with E-state index in [-0.39, 0.29) is 12.1 Å². The molecule has 17 heavy (non-hydrogen) atoms. The number of thioether (sulfide) groups is 1. The molecule has 3 unspecified atom stereocenters. The van der Waals surface area contributed by atoms with Gasteiger partial charge in [-0.25, -0.2) is 8.42 Å². The highest BCUT2D eigenvalue weighted by atomic mass is 32.2. The normalized spacial score (nSPS) is 36.9. The molecule has 3 atom stereocenters. The Morgan fingerprint density at radius 3 is 2.65 bits per heavy atom. The standard InChI is InChI=1S/C11H21NO3S2/c1-17(14,15)11-8-16-7-6-12(11)9-4-2-3-5-10(9)13/h9-11,13H,2-8H2,1H3. The summed E-state index contributed by atoms with van der Waals surface area (Å²) in [5, 5.41) is 9.66. The van der Waals surface area contributed by atoms with E-state index in [4.69, 9.17) is 0 Å². The fourth-order valence-electron chi connectivity index (χ4n) is 2.82. The van der Waals surface area contributed by atoms with Gasteiger partial charge in [-0.15, -0.1) is 0 Å². The largest absolute Gasteiger partial charge is 0.391 e. The molecule has 1 saturated carbocycles. The summed E-state index contributed by atoms with van der Waals surface area (Å²) in [5.74, 6) is 1.61. The number of hydrogen-bond acceptors (Lipinski definition) is 5. The van der Waals surface area contributed by atoms with Crippen LogP contribution in [0.3, 0.4) is 0 Å². The minimum Gasteiger partial charge on any atom is -0.391 e. The highest BCUT2D eigenvalue weighted by molar-refractivity contribution is 8.00. The lowest BCUT2D eigenvalue weighted by Gasteiger charge is -2.43. The molecule has 0 bridgehead atoms. The van der Waals surface area contributed by atoms with Crippen molar-refractivity contribution in [1.29, 1.82) is 0 Å². The van der Waals surface area contributed by atoms with E-state index in [1.54, 1.807) is 11.8 Å². The van der Waals surface area contributed by atoms with Crippen molar-refractivity contribution in [2.75, 3.05) is 24.3 Å². The molecule has 0 radical (unpaired) electrons. The van der Waals surface area contributed by atoms with Crippen molar-refractivity contribution in [3.05, 3.63) is 0 Å². The van der Waals surface area contributed by atoms with Crippen LogP contribution in [0.5, 0.6) is 0 Å². The number of sulfone groups is 1. The van der Waals surface area contributed by atoms with Crippen LogP contribution in [0.25, 0.3) is 0 Å². The van der Waals surface area contributed by atoms with Crippen molar-refractivity contribution in [2.24, 2.45) is 0 Å². The molecule has 0 aromatic carbocycles. The summed E-state index contributed by atoms with van der Waals surface area (Å²) in [6, 6.07) is 0.0457. The quantitative estimate of drug-likeness (QED) is 0.807. The lowest BCUT2D eigenvalue weighted by Crippen LogP contribution is -2.56. The summed E-state index contributed by atoms with van der Waals surface area (Å²) in [5.41, 5.74) is 0. The fraction of sp³-hybridized carbons (Fsp3) is 1.00. The van der Waals surface area contributed by atoms with Crippen LogP contribution < -0.4 is 0 Å². The van der Waals surface area contributed by atoms with Gasteiger partial charge in [-0.05, 0) is 12.8 Å². The molecule has 100 valence electrons. The Hall–Kier alpha value is 0.220. The highest BCUT2D eigenvalue weighted by Crippen LogP contribution is 2.29. The van der Waals surface area contributed by atoms with Crippen molar-refractivity contribution in [3.63, 3.8) is 0 Å². The summed E-state index contributed by atoms with van der Waals surface area (Å²) < 4.78 is 23.6. The zero-order valence-corrected chi connectivity index (χ0v) is 11.8. The molecular weight excluding hydrogens is 258 g/mol. The first-order chi connectivity index (χ1) is 8.00. The number of aliphatic hydroxyl groups excluding tert-OH is 1. The Morgan fingerprint density at radius 2 is 2.00 bits per heavy atom. The van der Waals surface area contributed by atoms with Crippen LogP contribution in [0.2, 0.25) is 0 Å². The third-order valence-corrected chi connectivity index (χ3v) is 6.40. The van der Waals surface area contributed by atoms with E-state index in [2.05, 4.69) is 0 Å². The smallest absolute Gasteiger partial charge is 0.164 e. The van der Waals surface area contributed by atoms with Crippen molar-refractivity contribution >= 4 is 21.6 Å². The first kappa shape index (κ1) is 13.6. The molecule has 0 amide bonds. The van der Waals surface area contributed by atoms with Crippen LogP contribution in [0.15, 0.2) is 0 Å². The van der Waals surface area contributed by atoms with Crippen LogP contribution in [-0.4, -0.2) is 60.3 Å². The van der Waals surface area contributed by atoms with Crippen LogP contribution in [-0.2, 0) is 9.84 Å². The van der Waals surface area contributed by atoms with Gasteiger partial charge in [0.2, 0.25) is 0 Å². The first-order valence-electron chi connectivity index (χ1n) is 6.20. The Morgan fingerprint density at radius 1 is 1.29 bits per heavy atom. The van der Waals surface area contributed by atoms with E-state index in [9.17, 15) is 13.5 Å². The highest BCUT2D eigenvalue weighted by Gasteiger charge is 2.38. The minimum absolute atomic E-state index is 0.0457. The predicted molar refractivity (Wildman–Crippen MR) is 70.9 cm³/mol. The molecule has 2 fully saturated rings. The summed E-state index contributed by atoms with van der Waals surface area (Å²) in [4.78, 5) is 2.04. The van der Waals surface area contributed by atoms with Gasteiger partial charge < -0.3 is 5.11 Å². The van der Waals surface area contributed by atoms with Gasteiger partial charge in [0.15, 0.2) is 9.84 Å². The summed E-state index contributed by atoms with van der Waals surface area (Å²) in [7, 11) is -3.05. The molecule has 2 aliphatic rings. The van der Waals surface area contributed by atoms with Gasteiger partial charge in [-0.2, -0.15) is 11.8 Å². The third-order valence-electron chi connectivity index (χ3n) is 3.74. The van der Waals surface area contributed by atoms with Crippen LogP contribution >= 0.6 is 11.8 Å². The number of nitrogens with zero attached hydrogens (tertiary/aromatic N) is 1. The minimum atomic E-state index is -3.05. The topological polar surface area (TPSA) is 57.6 Å². The van der Waals surface area contributed by atoms with Gasteiger partial charge in [0.1, 0.15) is 5.37 Å². The lowest BCUT2D eigenvalue weighted by molar-refractivity contribution is 0.0178. The van der Waals surface area contributed by atoms with Gasteiger partial charge in [0.05, 0.1) is 6.10 Å². The second kappa shape index (κ2) is 5.47. The van der Waals surface area contributed by atoms with Gasteiger partial charge in [-0.1, -0.05) is 12.8 Å². The van der Waals surface area contributed by atoms with E-state index in [1.807, 2.05) is 4.90 Å². The average Bonchev–Trinajstić information content (AvgIpc) is 2.28. The summed E-state index contributed by atoms with van der Waals surface area (Å²) in [6.45, 7) is 0.782. The molecule has 1 aliphatic heterocycles. The zero-order valence-electron chi connectivity index (χ0n) is 10.2. The van der Waals surface area contributed by atoms with Gasteiger partial charge in [0, 0.05) is 30.3 Å². The second-order valence-electron chi connectivity index (χ2n) is 5.02. The maximum atomic E-state index is 11.8. The van der Waals surface area contributed by atoms with E-state index in [1.165, 1.54) is 6.26 Å². The summed E-state index contributed by atoms with van der Waals surface area (Å²) in [6.07, 6.45) is 4.86. The Bertz CT molecular complexity index is 358.